The maximum Gasteiger partial charge on any atom is 0.276 e. The lowest BCUT2D eigenvalue weighted by atomic mass is 9.80. The molecule has 3 aliphatic rings. The Hall–Kier alpha value is -2.99. The molecule has 3 fully saturated rings. The highest BCUT2D eigenvalue weighted by Crippen LogP contribution is 2.45. The van der Waals surface area contributed by atoms with Crippen molar-refractivity contribution in [1.29, 1.82) is 0 Å². The van der Waals surface area contributed by atoms with Crippen LogP contribution in [0.2, 0.25) is 5.15 Å². The van der Waals surface area contributed by atoms with Gasteiger partial charge in [-0.2, -0.15) is 4.31 Å². The zero-order valence-corrected chi connectivity index (χ0v) is 30.4. The summed E-state index contributed by atoms with van der Waals surface area (Å²) in [6.07, 6.45) is 2.66. The van der Waals surface area contributed by atoms with Crippen molar-refractivity contribution in [1.82, 2.24) is 19.5 Å². The molecule has 5 rings (SSSR count). The highest BCUT2D eigenvalue weighted by atomic mass is 35.5. The fraction of sp³-hybridized carbons (Fsp3) is 0.618. The van der Waals surface area contributed by atoms with Crippen LogP contribution >= 0.6 is 11.6 Å². The number of alkyl halides is 2. The Balaban J connectivity index is 1.13. The van der Waals surface area contributed by atoms with Crippen LogP contribution < -0.4 is 32.3 Å². The number of piperazine rings is 1. The van der Waals surface area contributed by atoms with Crippen molar-refractivity contribution in [2.45, 2.75) is 67.8 Å². The maximum atomic E-state index is 16.0. The van der Waals surface area contributed by atoms with Crippen LogP contribution in [0.4, 0.5) is 20.3 Å². The van der Waals surface area contributed by atoms with Gasteiger partial charge in [0, 0.05) is 101 Å². The third-order valence-electron chi connectivity index (χ3n) is 10.0. The molecule has 0 bridgehead atoms. The van der Waals surface area contributed by atoms with Gasteiger partial charge in [-0.15, -0.1) is 0 Å². The molecule has 2 amide bonds. The molecule has 0 radical (unpaired) electrons. The lowest BCUT2D eigenvalue weighted by Crippen LogP contribution is -2.49. The van der Waals surface area contributed by atoms with Gasteiger partial charge in [0.25, 0.3) is 5.92 Å². The van der Waals surface area contributed by atoms with E-state index in [1.807, 2.05) is 0 Å². The van der Waals surface area contributed by atoms with Crippen LogP contribution in [-0.4, -0.2) is 112 Å². The fourth-order valence-electron chi connectivity index (χ4n) is 7.23. The Morgan fingerprint density at radius 2 is 1.65 bits per heavy atom. The molecule has 1 aromatic heterocycles. The van der Waals surface area contributed by atoms with Gasteiger partial charge < -0.3 is 37.2 Å². The predicted molar refractivity (Wildman–Crippen MR) is 193 cm³/mol. The van der Waals surface area contributed by atoms with Gasteiger partial charge in [-0.3, -0.25) is 9.59 Å². The molecule has 282 valence electrons. The maximum absolute atomic E-state index is 16.0. The van der Waals surface area contributed by atoms with Crippen molar-refractivity contribution in [2.75, 3.05) is 75.2 Å². The molecule has 1 atom stereocenters. The molecule has 13 nitrogen and oxygen atoms in total. The normalized spacial score (nSPS) is 22.2. The smallest absolute Gasteiger partial charge is 0.276 e. The Kier molecular flexibility index (Phi) is 13.2. The summed E-state index contributed by atoms with van der Waals surface area (Å²) >= 11 is 6.28. The zero-order valence-electron chi connectivity index (χ0n) is 28.9. The summed E-state index contributed by atoms with van der Waals surface area (Å²) in [7, 11) is -3.84. The van der Waals surface area contributed by atoms with Gasteiger partial charge in [0.1, 0.15) is 11.0 Å². The molecule has 1 aliphatic carbocycles. The van der Waals surface area contributed by atoms with Crippen molar-refractivity contribution < 1.29 is 26.8 Å². The van der Waals surface area contributed by atoms with E-state index in [1.54, 1.807) is 21.9 Å². The summed E-state index contributed by atoms with van der Waals surface area (Å²) in [5, 5.41) is 2.95. The van der Waals surface area contributed by atoms with E-state index in [9.17, 15) is 18.0 Å². The number of sulfonamides is 1. The van der Waals surface area contributed by atoms with Gasteiger partial charge in [0.2, 0.25) is 21.8 Å². The molecule has 2 aliphatic heterocycles. The first-order chi connectivity index (χ1) is 24.3. The molecule has 2 saturated heterocycles. The second-order valence-corrected chi connectivity index (χ2v) is 16.0. The third-order valence-corrected chi connectivity index (χ3v) is 12.1. The molecule has 17 heteroatoms. The van der Waals surface area contributed by atoms with Crippen LogP contribution in [0.5, 0.6) is 0 Å². The Bertz CT molecular complexity index is 1600. The molecule has 0 spiro atoms. The van der Waals surface area contributed by atoms with E-state index in [2.05, 4.69) is 15.2 Å². The van der Waals surface area contributed by atoms with E-state index < -0.39 is 21.9 Å². The van der Waals surface area contributed by atoms with Gasteiger partial charge in [0.15, 0.2) is 0 Å². The number of nitrogens with zero attached hydrogens (tertiary/aromatic N) is 5. The van der Waals surface area contributed by atoms with E-state index in [0.717, 1.165) is 19.6 Å². The minimum Gasteiger partial charge on any atom is -0.354 e. The van der Waals surface area contributed by atoms with Crippen molar-refractivity contribution >= 4 is 44.9 Å². The lowest BCUT2D eigenvalue weighted by Gasteiger charge is -2.36. The molecule has 2 aromatic rings. The number of pyridine rings is 1. The summed E-state index contributed by atoms with van der Waals surface area (Å²) in [5.74, 6) is -4.01. The molecule has 51 heavy (non-hydrogen) atoms. The summed E-state index contributed by atoms with van der Waals surface area (Å²) < 4.78 is 60.2. The first-order valence-corrected chi connectivity index (χ1v) is 19.5. The van der Waals surface area contributed by atoms with Gasteiger partial charge >= 0.3 is 0 Å². The SMILES string of the molecule is NCCN(CCN)CCCC(=O)NC1CCC(C(F)(F)c2cc(Cl)nc(N3CCN(S(=O)(=O)c4ccc(N5C[C@H](N)CC5=O)cc4)CC3)c2)CC1. The number of halogens is 3. The quantitative estimate of drug-likeness (QED) is 0.197. The van der Waals surface area contributed by atoms with Gasteiger partial charge in [-0.25, -0.2) is 22.2 Å². The molecule has 0 unspecified atom stereocenters. The number of nitrogens with one attached hydrogen (secondary N) is 1. The number of aromatic nitrogens is 1. The van der Waals surface area contributed by atoms with E-state index in [1.165, 1.54) is 28.6 Å². The molecule has 1 aromatic carbocycles. The standard InChI is InChI=1S/C34H50ClF2N9O4S/c35-30-20-25(34(36,37)24-3-5-27(6-4-24)41-32(47)2-1-13-43(14-11-38)15-12-39)21-31(42-30)44-16-18-45(19-17-44)51(49,50)29-9-7-28(8-10-29)46-23-26(40)22-33(46)48/h7-10,20-21,24,26-27H,1-6,11-19,22-23,38-40H2,(H,41,47)/t24?,26-,27?/m1/s1. The molecular weight excluding hydrogens is 704 g/mol. The average Bonchev–Trinajstić information content (AvgIpc) is 3.45. The minimum absolute atomic E-state index is 0.0628. The average molecular weight is 754 g/mol. The first kappa shape index (κ1) is 39.2. The summed E-state index contributed by atoms with van der Waals surface area (Å²) in [6.45, 7) is 4.31. The molecule has 1 saturated carbocycles. The Morgan fingerprint density at radius 1 is 1.00 bits per heavy atom. The summed E-state index contributed by atoms with van der Waals surface area (Å²) in [5.41, 5.74) is 17.5. The van der Waals surface area contributed by atoms with E-state index in [0.29, 0.717) is 51.0 Å². The van der Waals surface area contributed by atoms with Crippen molar-refractivity contribution in [3.63, 3.8) is 0 Å². The number of hydrogen-bond acceptors (Lipinski definition) is 10. The van der Waals surface area contributed by atoms with Crippen molar-refractivity contribution in [3.05, 3.63) is 47.1 Å². The number of benzene rings is 1. The van der Waals surface area contributed by atoms with Crippen molar-refractivity contribution in [3.8, 4) is 0 Å². The van der Waals surface area contributed by atoms with Crippen LogP contribution in [0, 0.1) is 5.92 Å². The highest BCUT2D eigenvalue weighted by Gasteiger charge is 2.44. The Morgan fingerprint density at radius 3 is 2.24 bits per heavy atom. The van der Waals surface area contributed by atoms with Gasteiger partial charge in [-0.1, -0.05) is 11.6 Å². The van der Waals surface area contributed by atoms with Crippen molar-refractivity contribution in [2.24, 2.45) is 23.1 Å². The lowest BCUT2D eigenvalue weighted by molar-refractivity contribution is -0.122. The topological polar surface area (TPSA) is 184 Å². The summed E-state index contributed by atoms with van der Waals surface area (Å²) in [6, 6.07) is 8.31. The monoisotopic (exact) mass is 753 g/mol. The second kappa shape index (κ2) is 17.2. The van der Waals surface area contributed by atoms with Gasteiger partial charge in [-0.05, 0) is 75.0 Å². The number of carbonyl (C=O) groups excluding carboxylic acids is 2. The van der Waals surface area contributed by atoms with Crippen LogP contribution in [0.15, 0.2) is 41.3 Å². The molecular formula is C34H50ClF2N9O4S. The van der Waals surface area contributed by atoms with E-state index in [-0.39, 0.29) is 90.8 Å². The minimum atomic E-state index is -3.84. The van der Waals surface area contributed by atoms with Crippen LogP contribution in [0.1, 0.15) is 50.5 Å². The summed E-state index contributed by atoms with van der Waals surface area (Å²) in [4.78, 5) is 34.6. The number of nitrogens with two attached hydrogens (primary N) is 3. The number of hydrogen-bond donors (Lipinski definition) is 4. The van der Waals surface area contributed by atoms with E-state index >= 15 is 8.78 Å². The largest absolute Gasteiger partial charge is 0.354 e. The molecule has 3 heterocycles. The number of carbonyl (C=O) groups is 2. The number of rotatable bonds is 15. The fourth-order valence-corrected chi connectivity index (χ4v) is 8.85. The zero-order chi connectivity index (χ0) is 36.8. The van der Waals surface area contributed by atoms with Crippen LogP contribution in [0.3, 0.4) is 0 Å². The third kappa shape index (κ3) is 9.72. The predicted octanol–water partition coefficient (Wildman–Crippen LogP) is 2.08. The number of amides is 2. The van der Waals surface area contributed by atoms with E-state index in [4.69, 9.17) is 28.8 Å². The highest BCUT2D eigenvalue weighted by molar-refractivity contribution is 7.89. The van der Waals surface area contributed by atoms with Crippen LogP contribution in [-0.2, 0) is 25.5 Å². The van der Waals surface area contributed by atoms with Crippen LogP contribution in [0.25, 0.3) is 0 Å². The molecule has 7 N–H and O–H groups in total. The Labute approximate surface area is 303 Å². The number of anilines is 2. The first-order valence-electron chi connectivity index (χ1n) is 17.7. The second-order valence-electron chi connectivity index (χ2n) is 13.7. The van der Waals surface area contributed by atoms with Gasteiger partial charge in [0.05, 0.1) is 4.90 Å².